The van der Waals surface area contributed by atoms with Crippen LogP contribution in [0, 0.1) is 0 Å². The summed E-state index contributed by atoms with van der Waals surface area (Å²) in [4.78, 5) is 62.4. The first-order valence-electron chi connectivity index (χ1n) is 15.1. The molecule has 0 aliphatic carbocycles. The van der Waals surface area contributed by atoms with Gasteiger partial charge in [-0.05, 0) is 19.3 Å². The van der Waals surface area contributed by atoms with Gasteiger partial charge in [-0.2, -0.15) is 0 Å². The zero-order chi connectivity index (χ0) is 28.9. The summed E-state index contributed by atoms with van der Waals surface area (Å²) in [7, 11) is 0. The third kappa shape index (κ3) is 15.1. The van der Waals surface area contributed by atoms with Crippen LogP contribution in [0.25, 0.3) is 0 Å². The fraction of sp³-hybridized carbons (Fsp3) is 0.833. The van der Waals surface area contributed by atoms with Gasteiger partial charge in [0.2, 0.25) is 11.9 Å². The predicted molar refractivity (Wildman–Crippen MR) is 146 cm³/mol. The van der Waals surface area contributed by atoms with E-state index in [9.17, 15) is 24.0 Å². The number of carbonyl (C=O) groups excluding carboxylic acids is 5. The minimum atomic E-state index is -1.71. The highest BCUT2D eigenvalue weighted by Crippen LogP contribution is 2.22. The fourth-order valence-electron chi connectivity index (χ4n) is 4.34. The van der Waals surface area contributed by atoms with Gasteiger partial charge in [0.15, 0.2) is 6.10 Å². The van der Waals surface area contributed by atoms with Crippen molar-refractivity contribution in [2.75, 3.05) is 6.61 Å². The highest BCUT2D eigenvalue weighted by Gasteiger charge is 2.51. The first-order chi connectivity index (χ1) is 18.8. The van der Waals surface area contributed by atoms with Gasteiger partial charge in [0.1, 0.15) is 6.61 Å². The maximum atomic E-state index is 13.0. The van der Waals surface area contributed by atoms with E-state index in [1.807, 2.05) is 0 Å². The van der Waals surface area contributed by atoms with Gasteiger partial charge < -0.3 is 18.9 Å². The molecule has 39 heavy (non-hydrogen) atoms. The first kappa shape index (κ1) is 34.6. The third-order valence-electron chi connectivity index (χ3n) is 6.73. The molecule has 9 nitrogen and oxygen atoms in total. The quantitative estimate of drug-likeness (QED) is 0.0654. The number of hydrogen-bond acceptors (Lipinski definition) is 9. The summed E-state index contributed by atoms with van der Waals surface area (Å²) in [6.45, 7) is 5.88. The molecule has 1 unspecified atom stereocenters. The molecule has 0 N–H and O–H groups in total. The maximum Gasteiger partial charge on any atom is 0.356 e. The molecule has 0 radical (unpaired) electrons. The van der Waals surface area contributed by atoms with E-state index in [4.69, 9.17) is 18.9 Å². The van der Waals surface area contributed by atoms with E-state index < -0.39 is 54.6 Å². The van der Waals surface area contributed by atoms with Crippen LogP contribution >= 0.6 is 0 Å². The van der Waals surface area contributed by atoms with E-state index in [-0.39, 0.29) is 19.3 Å². The number of rotatable bonds is 23. The van der Waals surface area contributed by atoms with Crippen molar-refractivity contribution in [1.82, 2.24) is 0 Å². The summed E-state index contributed by atoms with van der Waals surface area (Å²) in [5.74, 6) is -3.51. The Morgan fingerprint density at radius 3 is 1.64 bits per heavy atom. The number of esters is 4. The Kier molecular flexibility index (Phi) is 19.0. The number of carbonyl (C=O) groups is 5. The van der Waals surface area contributed by atoms with E-state index in [0.29, 0.717) is 19.3 Å². The molecule has 1 fully saturated rings. The van der Waals surface area contributed by atoms with Crippen LogP contribution in [0.3, 0.4) is 0 Å². The van der Waals surface area contributed by atoms with E-state index in [1.54, 1.807) is 0 Å². The molecule has 0 bridgehead atoms. The molecule has 1 aliphatic rings. The van der Waals surface area contributed by atoms with E-state index in [0.717, 1.165) is 77.0 Å². The van der Waals surface area contributed by atoms with Crippen LogP contribution in [0.1, 0.15) is 136 Å². The highest BCUT2D eigenvalue weighted by atomic mass is 16.6. The van der Waals surface area contributed by atoms with Gasteiger partial charge in [0.25, 0.3) is 6.10 Å². The van der Waals surface area contributed by atoms with Crippen LogP contribution in [0.2, 0.25) is 0 Å². The summed E-state index contributed by atoms with van der Waals surface area (Å²) >= 11 is 0. The van der Waals surface area contributed by atoms with Crippen molar-refractivity contribution in [3.05, 3.63) is 0 Å². The molecule has 9 heteroatoms. The standard InChI is InChI=1S/C30H50O9/c1-4-7-10-13-16-19-24(31)36-22-23(37-25(32)20-17-14-11-8-5-2)28-27(34)29(30(35)39-28)38-26(33)21-18-15-12-9-6-3/h23,28-29H,4-22H2,1-3H3/t23-,28+,29?/m0/s1. The van der Waals surface area contributed by atoms with Crippen molar-refractivity contribution in [2.45, 2.75) is 155 Å². The molecule has 0 aromatic rings. The van der Waals surface area contributed by atoms with Gasteiger partial charge in [-0.15, -0.1) is 0 Å². The summed E-state index contributed by atoms with van der Waals surface area (Å²) in [5.41, 5.74) is 0. The number of ether oxygens (including phenoxy) is 4. The molecule has 3 atom stereocenters. The molecule has 1 saturated heterocycles. The molecule has 0 spiro atoms. The van der Waals surface area contributed by atoms with Crippen LogP contribution in [-0.2, 0) is 42.9 Å². The smallest absolute Gasteiger partial charge is 0.356 e. The zero-order valence-corrected chi connectivity index (χ0v) is 24.3. The molecule has 1 aliphatic heterocycles. The Balaban J connectivity index is 2.70. The molecular weight excluding hydrogens is 504 g/mol. The monoisotopic (exact) mass is 554 g/mol. The van der Waals surface area contributed by atoms with Crippen LogP contribution < -0.4 is 0 Å². The van der Waals surface area contributed by atoms with E-state index in [1.165, 1.54) is 0 Å². The SMILES string of the molecule is CCCCCCCC(=O)OC[C@H](OC(=O)CCCCCCC)[C@H]1OC(=O)C(OC(=O)CCCCCCC)C1=O. The lowest BCUT2D eigenvalue weighted by molar-refractivity contribution is -0.172. The summed E-state index contributed by atoms with van der Waals surface area (Å²) in [6.07, 6.45) is 10.0. The third-order valence-corrected chi connectivity index (χ3v) is 6.73. The Hall–Kier alpha value is -2.45. The van der Waals surface area contributed by atoms with Crippen LogP contribution in [-0.4, -0.2) is 54.6 Å². The second kappa shape index (κ2) is 21.4. The Morgan fingerprint density at radius 1 is 0.667 bits per heavy atom. The van der Waals surface area contributed by atoms with E-state index in [2.05, 4.69) is 20.8 Å². The molecule has 0 saturated carbocycles. The number of hydrogen-bond donors (Lipinski definition) is 0. The second-order valence-corrected chi connectivity index (χ2v) is 10.3. The zero-order valence-electron chi connectivity index (χ0n) is 24.3. The summed E-state index contributed by atoms with van der Waals surface area (Å²) < 4.78 is 21.1. The normalized spacial score (nSPS) is 17.5. The van der Waals surface area contributed by atoms with Gasteiger partial charge in [-0.3, -0.25) is 19.2 Å². The topological polar surface area (TPSA) is 122 Å². The lowest BCUT2D eigenvalue weighted by Crippen LogP contribution is -2.42. The van der Waals surface area contributed by atoms with Crippen LogP contribution in [0.4, 0.5) is 0 Å². The average molecular weight is 555 g/mol. The van der Waals surface area contributed by atoms with Gasteiger partial charge in [0.05, 0.1) is 0 Å². The summed E-state index contributed by atoms with van der Waals surface area (Å²) in [6, 6.07) is 0. The minimum Gasteiger partial charge on any atom is -0.462 e. The van der Waals surface area contributed by atoms with Gasteiger partial charge >= 0.3 is 23.9 Å². The Labute approximate surface area is 234 Å². The lowest BCUT2D eigenvalue weighted by atomic mass is 10.1. The lowest BCUT2D eigenvalue weighted by Gasteiger charge is -2.21. The molecule has 0 amide bonds. The van der Waals surface area contributed by atoms with Crippen molar-refractivity contribution >= 4 is 29.7 Å². The minimum absolute atomic E-state index is 0.0950. The van der Waals surface area contributed by atoms with Gasteiger partial charge in [0, 0.05) is 19.3 Å². The molecule has 1 heterocycles. The van der Waals surface area contributed by atoms with Crippen molar-refractivity contribution in [3.8, 4) is 0 Å². The van der Waals surface area contributed by atoms with Crippen molar-refractivity contribution in [2.24, 2.45) is 0 Å². The molecular formula is C30H50O9. The van der Waals surface area contributed by atoms with Gasteiger partial charge in [-0.1, -0.05) is 97.8 Å². The molecule has 1 rings (SSSR count). The Bertz CT molecular complexity index is 749. The van der Waals surface area contributed by atoms with Crippen molar-refractivity contribution in [3.63, 3.8) is 0 Å². The molecule has 0 aromatic heterocycles. The fourth-order valence-corrected chi connectivity index (χ4v) is 4.34. The second-order valence-electron chi connectivity index (χ2n) is 10.3. The van der Waals surface area contributed by atoms with Crippen molar-refractivity contribution in [1.29, 1.82) is 0 Å². The average Bonchev–Trinajstić information content (AvgIpc) is 3.18. The largest absolute Gasteiger partial charge is 0.462 e. The highest BCUT2D eigenvalue weighted by molar-refractivity contribution is 6.10. The van der Waals surface area contributed by atoms with Gasteiger partial charge in [-0.25, -0.2) is 4.79 Å². The van der Waals surface area contributed by atoms with Crippen molar-refractivity contribution < 1.29 is 42.9 Å². The van der Waals surface area contributed by atoms with E-state index >= 15 is 0 Å². The predicted octanol–water partition coefficient (Wildman–Crippen LogP) is 5.93. The van der Waals surface area contributed by atoms with Crippen LogP contribution in [0.15, 0.2) is 0 Å². The van der Waals surface area contributed by atoms with Crippen LogP contribution in [0.5, 0.6) is 0 Å². The number of Topliss-reactive ketones (excluding diaryl/α,β-unsaturated/α-hetero) is 1. The summed E-state index contributed by atoms with van der Waals surface area (Å²) in [5, 5.41) is 0. The first-order valence-corrected chi connectivity index (χ1v) is 15.1. The number of unbranched alkanes of at least 4 members (excludes halogenated alkanes) is 12. The number of cyclic esters (lactones) is 1. The number of ketones is 1. The molecule has 0 aromatic carbocycles. The molecule has 224 valence electrons. The Morgan fingerprint density at radius 2 is 1.13 bits per heavy atom. The maximum absolute atomic E-state index is 13.0.